The Kier molecular flexibility index (Phi) is 4.61. The first-order valence-electron chi connectivity index (χ1n) is 9.38. The normalized spacial score (nSPS) is 14.1. The molecule has 0 saturated carbocycles. The monoisotopic (exact) mass is 348 g/mol. The molecule has 1 N–H and O–H groups in total. The molecule has 4 rings (SSSR count). The van der Waals surface area contributed by atoms with E-state index in [2.05, 4.69) is 34.3 Å². The minimum Gasteiger partial charge on any atom is -0.372 e. The first kappa shape index (κ1) is 16.6. The number of nitrogens with one attached hydrogen (secondary N) is 1. The first-order valence-corrected chi connectivity index (χ1v) is 9.38. The molecule has 2 aromatic heterocycles. The topological polar surface area (TPSA) is 49.6 Å². The van der Waals surface area contributed by atoms with Gasteiger partial charge in [0.2, 0.25) is 0 Å². The highest BCUT2D eigenvalue weighted by Gasteiger charge is 2.19. The highest BCUT2D eigenvalue weighted by atomic mass is 16.2. The van der Waals surface area contributed by atoms with Crippen molar-refractivity contribution in [1.82, 2.24) is 9.38 Å². The molecule has 5 heteroatoms. The van der Waals surface area contributed by atoms with Gasteiger partial charge in [-0.1, -0.05) is 19.4 Å². The third kappa shape index (κ3) is 3.17. The van der Waals surface area contributed by atoms with E-state index in [4.69, 9.17) is 0 Å². The van der Waals surface area contributed by atoms with Crippen LogP contribution in [0.25, 0.3) is 5.65 Å². The SMILES string of the molecule is CCCc1nc2ccccn2c1C(=O)Nc1ccc(N2CCCC2)cc1. The second-order valence-electron chi connectivity index (χ2n) is 6.78. The summed E-state index contributed by atoms with van der Waals surface area (Å²) in [6.45, 7) is 4.34. The lowest BCUT2D eigenvalue weighted by Gasteiger charge is -2.17. The largest absolute Gasteiger partial charge is 0.372 e. The fourth-order valence-electron chi connectivity index (χ4n) is 3.62. The summed E-state index contributed by atoms with van der Waals surface area (Å²) in [6, 6.07) is 13.9. The molecule has 1 saturated heterocycles. The molecule has 1 fully saturated rings. The molecular weight excluding hydrogens is 324 g/mol. The van der Waals surface area contributed by atoms with Crippen LogP contribution in [0.15, 0.2) is 48.7 Å². The molecule has 134 valence electrons. The number of fused-ring (bicyclic) bond motifs is 1. The Morgan fingerprint density at radius 1 is 1.12 bits per heavy atom. The Bertz CT molecular complexity index is 907. The Labute approximate surface area is 153 Å². The number of rotatable bonds is 5. The predicted octanol–water partition coefficient (Wildman–Crippen LogP) is 4.14. The fourth-order valence-corrected chi connectivity index (χ4v) is 3.62. The Morgan fingerprint density at radius 2 is 1.88 bits per heavy atom. The number of imidazole rings is 1. The standard InChI is InChI=1S/C21H24N4O/c1-2-7-18-20(25-15-4-3-8-19(25)23-18)21(26)22-16-9-11-17(12-10-16)24-13-5-6-14-24/h3-4,8-12,15H,2,5-7,13-14H2,1H3,(H,22,26). The molecule has 0 bridgehead atoms. The summed E-state index contributed by atoms with van der Waals surface area (Å²) in [7, 11) is 0. The van der Waals surface area contributed by atoms with Crippen LogP contribution < -0.4 is 10.2 Å². The van der Waals surface area contributed by atoms with Gasteiger partial charge in [-0.25, -0.2) is 4.98 Å². The van der Waals surface area contributed by atoms with Crippen molar-refractivity contribution in [2.75, 3.05) is 23.3 Å². The Morgan fingerprint density at radius 3 is 2.62 bits per heavy atom. The molecular formula is C21H24N4O. The molecule has 26 heavy (non-hydrogen) atoms. The molecule has 0 spiro atoms. The lowest BCUT2D eigenvalue weighted by atomic mass is 10.2. The summed E-state index contributed by atoms with van der Waals surface area (Å²) >= 11 is 0. The van der Waals surface area contributed by atoms with Crippen molar-refractivity contribution in [1.29, 1.82) is 0 Å². The zero-order chi connectivity index (χ0) is 17.9. The first-order chi connectivity index (χ1) is 12.8. The molecule has 1 aliphatic heterocycles. The van der Waals surface area contributed by atoms with Gasteiger partial charge in [0.05, 0.1) is 5.69 Å². The highest BCUT2D eigenvalue weighted by Crippen LogP contribution is 2.23. The second-order valence-corrected chi connectivity index (χ2v) is 6.78. The number of anilines is 2. The van der Waals surface area contributed by atoms with Crippen molar-refractivity contribution in [2.45, 2.75) is 32.6 Å². The van der Waals surface area contributed by atoms with E-state index in [1.165, 1.54) is 18.5 Å². The van der Waals surface area contributed by atoms with E-state index in [-0.39, 0.29) is 5.91 Å². The summed E-state index contributed by atoms with van der Waals surface area (Å²) in [4.78, 5) is 20.0. The van der Waals surface area contributed by atoms with Gasteiger partial charge in [0, 0.05) is 30.7 Å². The molecule has 5 nitrogen and oxygen atoms in total. The molecule has 0 unspecified atom stereocenters. The van der Waals surface area contributed by atoms with Crippen molar-refractivity contribution >= 4 is 22.9 Å². The lowest BCUT2D eigenvalue weighted by molar-refractivity contribution is 0.102. The lowest BCUT2D eigenvalue weighted by Crippen LogP contribution is -2.18. The van der Waals surface area contributed by atoms with Gasteiger partial charge in [-0.05, 0) is 55.7 Å². The molecule has 1 amide bonds. The van der Waals surface area contributed by atoms with Crippen LogP contribution in [0, 0.1) is 0 Å². The summed E-state index contributed by atoms with van der Waals surface area (Å²) in [5.41, 5.74) is 4.33. The van der Waals surface area contributed by atoms with Crippen LogP contribution in [0.3, 0.4) is 0 Å². The quantitative estimate of drug-likeness (QED) is 0.754. The Balaban J connectivity index is 1.58. The van der Waals surface area contributed by atoms with Crippen molar-refractivity contribution in [3.63, 3.8) is 0 Å². The maximum Gasteiger partial charge on any atom is 0.274 e. The second kappa shape index (κ2) is 7.20. The van der Waals surface area contributed by atoms with Gasteiger partial charge >= 0.3 is 0 Å². The number of aromatic nitrogens is 2. The number of hydrogen-bond acceptors (Lipinski definition) is 3. The zero-order valence-electron chi connectivity index (χ0n) is 15.1. The van der Waals surface area contributed by atoms with Gasteiger partial charge in [0.15, 0.2) is 0 Å². The summed E-state index contributed by atoms with van der Waals surface area (Å²) in [5.74, 6) is -0.110. The predicted molar refractivity (Wildman–Crippen MR) is 105 cm³/mol. The van der Waals surface area contributed by atoms with Crippen LogP contribution in [0.5, 0.6) is 0 Å². The fraction of sp³-hybridized carbons (Fsp3) is 0.333. The van der Waals surface area contributed by atoms with Gasteiger partial charge in [-0.15, -0.1) is 0 Å². The number of carbonyl (C=O) groups is 1. The van der Waals surface area contributed by atoms with Gasteiger partial charge in [0.25, 0.3) is 5.91 Å². The summed E-state index contributed by atoms with van der Waals surface area (Å²) in [5, 5.41) is 3.03. The van der Waals surface area contributed by atoms with E-state index in [1.807, 2.05) is 40.9 Å². The number of pyridine rings is 1. The van der Waals surface area contributed by atoms with Crippen LogP contribution in [-0.2, 0) is 6.42 Å². The van der Waals surface area contributed by atoms with Gasteiger partial charge < -0.3 is 10.2 Å². The summed E-state index contributed by atoms with van der Waals surface area (Å²) < 4.78 is 1.87. The van der Waals surface area contributed by atoms with Crippen molar-refractivity contribution in [3.05, 3.63) is 60.0 Å². The van der Waals surface area contributed by atoms with Crippen LogP contribution >= 0.6 is 0 Å². The van der Waals surface area contributed by atoms with E-state index in [1.54, 1.807) is 0 Å². The molecule has 0 radical (unpaired) electrons. The van der Waals surface area contributed by atoms with E-state index >= 15 is 0 Å². The molecule has 3 aromatic rings. The zero-order valence-corrected chi connectivity index (χ0v) is 15.1. The minimum atomic E-state index is -0.110. The number of aryl methyl sites for hydroxylation is 1. The van der Waals surface area contributed by atoms with Gasteiger partial charge in [-0.2, -0.15) is 0 Å². The Hall–Kier alpha value is -2.82. The molecule has 0 atom stereocenters. The van der Waals surface area contributed by atoms with Crippen LogP contribution in [0.1, 0.15) is 42.4 Å². The average molecular weight is 348 g/mol. The van der Waals surface area contributed by atoms with Gasteiger partial charge in [0.1, 0.15) is 11.3 Å². The van der Waals surface area contributed by atoms with E-state index in [0.29, 0.717) is 5.69 Å². The maximum atomic E-state index is 12.9. The minimum absolute atomic E-state index is 0.110. The number of benzene rings is 1. The average Bonchev–Trinajstić information content (AvgIpc) is 3.30. The molecule has 0 aliphatic carbocycles. The van der Waals surface area contributed by atoms with Crippen molar-refractivity contribution < 1.29 is 4.79 Å². The number of hydrogen-bond donors (Lipinski definition) is 1. The van der Waals surface area contributed by atoms with E-state index in [0.717, 1.165) is 43.0 Å². The third-order valence-electron chi connectivity index (χ3n) is 4.90. The molecule has 1 aliphatic rings. The van der Waals surface area contributed by atoms with Gasteiger partial charge in [-0.3, -0.25) is 9.20 Å². The smallest absolute Gasteiger partial charge is 0.274 e. The third-order valence-corrected chi connectivity index (χ3v) is 4.90. The molecule has 3 heterocycles. The van der Waals surface area contributed by atoms with Crippen molar-refractivity contribution in [2.24, 2.45) is 0 Å². The number of nitrogens with zero attached hydrogens (tertiary/aromatic N) is 3. The maximum absolute atomic E-state index is 12.9. The number of amides is 1. The van der Waals surface area contributed by atoms with E-state index < -0.39 is 0 Å². The van der Waals surface area contributed by atoms with Crippen molar-refractivity contribution in [3.8, 4) is 0 Å². The van der Waals surface area contributed by atoms with Crippen LogP contribution in [0.2, 0.25) is 0 Å². The summed E-state index contributed by atoms with van der Waals surface area (Å²) in [6.07, 6.45) is 6.15. The van der Waals surface area contributed by atoms with Crippen LogP contribution in [0.4, 0.5) is 11.4 Å². The van der Waals surface area contributed by atoms with E-state index in [9.17, 15) is 4.79 Å². The highest BCUT2D eigenvalue weighted by molar-refractivity contribution is 6.04. The van der Waals surface area contributed by atoms with Crippen LogP contribution in [-0.4, -0.2) is 28.4 Å². The molecule has 1 aromatic carbocycles. The number of carbonyl (C=O) groups excluding carboxylic acids is 1.